The average molecular weight is 446 g/mol. The molecular weight excluding hydrogens is 414 g/mol. The average Bonchev–Trinajstić information content (AvgIpc) is 3.21. The lowest BCUT2D eigenvalue weighted by Crippen LogP contribution is -2.42. The van der Waals surface area contributed by atoms with Crippen LogP contribution in [0.3, 0.4) is 0 Å². The highest BCUT2D eigenvalue weighted by Crippen LogP contribution is 2.25. The first kappa shape index (κ1) is 23.7. The lowest BCUT2D eigenvalue weighted by atomic mass is 9.85. The largest absolute Gasteiger partial charge is 0.450 e. The van der Waals surface area contributed by atoms with E-state index in [1.165, 1.54) is 0 Å². The number of carbonyl (C=O) groups is 3. The van der Waals surface area contributed by atoms with Gasteiger partial charge in [-0.25, -0.2) is 9.78 Å². The van der Waals surface area contributed by atoms with E-state index >= 15 is 0 Å². The first-order valence-electron chi connectivity index (χ1n) is 11.0. The molecule has 9 heteroatoms. The van der Waals surface area contributed by atoms with Crippen LogP contribution in [-0.4, -0.2) is 67.1 Å². The third-order valence-electron chi connectivity index (χ3n) is 5.38. The Bertz CT molecular complexity index is 900. The van der Waals surface area contributed by atoms with Crippen LogP contribution < -0.4 is 5.32 Å². The first-order chi connectivity index (χ1) is 15.3. The number of ketones is 1. The fourth-order valence-electron chi connectivity index (χ4n) is 3.47. The van der Waals surface area contributed by atoms with Gasteiger partial charge in [0.25, 0.3) is 5.89 Å². The van der Waals surface area contributed by atoms with Gasteiger partial charge in [-0.1, -0.05) is 26.0 Å². The minimum absolute atomic E-state index is 0.0736. The van der Waals surface area contributed by atoms with Gasteiger partial charge >= 0.3 is 6.09 Å². The van der Waals surface area contributed by atoms with Crippen molar-refractivity contribution in [3.8, 4) is 0 Å². The summed E-state index contributed by atoms with van der Waals surface area (Å²) in [5, 5.41) is 2.71. The molecule has 1 aliphatic rings. The number of fused-ring (bicyclic) bond motifs is 1. The molecule has 0 bridgehead atoms. The molecule has 0 aliphatic carbocycles. The molecule has 0 radical (unpaired) electrons. The van der Waals surface area contributed by atoms with Gasteiger partial charge in [0.2, 0.25) is 11.7 Å². The zero-order valence-electron chi connectivity index (χ0n) is 18.7. The van der Waals surface area contributed by atoms with Crippen molar-refractivity contribution >= 4 is 28.9 Å². The lowest BCUT2D eigenvalue weighted by Gasteiger charge is -2.31. The van der Waals surface area contributed by atoms with Gasteiger partial charge in [-0.3, -0.25) is 9.59 Å². The van der Waals surface area contributed by atoms with Crippen molar-refractivity contribution in [2.45, 2.75) is 39.5 Å². The Morgan fingerprint density at radius 1 is 1.19 bits per heavy atom. The fourth-order valence-corrected chi connectivity index (χ4v) is 3.47. The van der Waals surface area contributed by atoms with Gasteiger partial charge < -0.3 is 24.1 Å². The summed E-state index contributed by atoms with van der Waals surface area (Å²) >= 11 is 0. The number of carbonyl (C=O) groups excluding carboxylic acids is 3. The van der Waals surface area contributed by atoms with Crippen molar-refractivity contribution < 1.29 is 28.3 Å². The highest BCUT2D eigenvalue weighted by atomic mass is 16.5. The number of hydrogen-bond acceptors (Lipinski definition) is 7. The van der Waals surface area contributed by atoms with E-state index in [9.17, 15) is 14.4 Å². The highest BCUT2D eigenvalue weighted by molar-refractivity contribution is 5.94. The Morgan fingerprint density at radius 3 is 2.69 bits per heavy atom. The minimum Gasteiger partial charge on any atom is -0.450 e. The van der Waals surface area contributed by atoms with Crippen molar-refractivity contribution in [1.29, 1.82) is 0 Å². The molecule has 0 atom stereocenters. The maximum Gasteiger partial charge on any atom is 0.407 e. The van der Waals surface area contributed by atoms with E-state index in [1.54, 1.807) is 12.1 Å². The summed E-state index contributed by atoms with van der Waals surface area (Å²) in [5.41, 5.74) is 0.969. The molecule has 1 aliphatic heterocycles. The van der Waals surface area contributed by atoms with Crippen LogP contribution in [-0.2, 0) is 14.3 Å². The number of alkyl carbamates (subject to hydrolysis) is 1. The lowest BCUT2D eigenvalue weighted by molar-refractivity contribution is -0.137. The third kappa shape index (κ3) is 7.05. The van der Waals surface area contributed by atoms with Crippen molar-refractivity contribution in [3.63, 3.8) is 0 Å². The predicted octanol–water partition coefficient (Wildman–Crippen LogP) is 3.18. The summed E-state index contributed by atoms with van der Waals surface area (Å²) in [7, 11) is 0. The van der Waals surface area contributed by atoms with Crippen molar-refractivity contribution in [3.05, 3.63) is 30.2 Å². The molecule has 1 saturated heterocycles. The molecule has 2 aromatic rings. The zero-order valence-corrected chi connectivity index (χ0v) is 18.7. The summed E-state index contributed by atoms with van der Waals surface area (Å²) in [5.74, 6) is -0.0362. The standard InChI is InChI=1S/C23H31N3O6/c1-23(2,16-20(28)26-11-14-30-15-12-26)9-10-24-22(29)31-13-5-7-18(27)21-25-17-6-3-4-8-19(17)32-21/h3-4,6,8H,5,7,9-16H2,1-2H3,(H,24,29). The van der Waals surface area contributed by atoms with Gasteiger partial charge in [0.1, 0.15) is 5.52 Å². The summed E-state index contributed by atoms with van der Waals surface area (Å²) in [6.07, 6.45) is 1.09. The number of Topliss-reactive ketones (excluding diaryl/α,β-unsaturated/α-hetero) is 1. The molecule has 1 fully saturated rings. The third-order valence-corrected chi connectivity index (χ3v) is 5.38. The number of ether oxygens (including phenoxy) is 2. The first-order valence-corrected chi connectivity index (χ1v) is 11.0. The second-order valence-electron chi connectivity index (χ2n) is 8.66. The van der Waals surface area contributed by atoms with E-state index in [-0.39, 0.29) is 36.0 Å². The van der Waals surface area contributed by atoms with E-state index in [0.717, 1.165) is 0 Å². The van der Waals surface area contributed by atoms with Crippen LogP contribution in [0.2, 0.25) is 0 Å². The van der Waals surface area contributed by atoms with E-state index < -0.39 is 6.09 Å². The quantitative estimate of drug-likeness (QED) is 0.442. The number of benzene rings is 1. The van der Waals surface area contributed by atoms with Gasteiger partial charge in [-0.15, -0.1) is 0 Å². The maximum absolute atomic E-state index is 12.4. The number of para-hydroxylation sites is 2. The fraction of sp³-hybridized carbons (Fsp3) is 0.565. The number of nitrogens with one attached hydrogen (secondary N) is 1. The Balaban J connectivity index is 1.29. The number of aromatic nitrogens is 1. The summed E-state index contributed by atoms with van der Waals surface area (Å²) in [6, 6.07) is 7.18. The SMILES string of the molecule is CC(C)(CCNC(=O)OCCCC(=O)c1nc2ccccc2o1)CC(=O)N1CCOCC1. The van der Waals surface area contributed by atoms with Crippen LogP contribution in [0, 0.1) is 5.41 Å². The van der Waals surface area contributed by atoms with Gasteiger partial charge in [0.15, 0.2) is 5.58 Å². The number of morpholine rings is 1. The number of nitrogens with zero attached hydrogens (tertiary/aromatic N) is 2. The van der Waals surface area contributed by atoms with Gasteiger partial charge in [0.05, 0.1) is 19.8 Å². The summed E-state index contributed by atoms with van der Waals surface area (Å²) < 4.78 is 15.9. The molecule has 0 spiro atoms. The van der Waals surface area contributed by atoms with Gasteiger partial charge in [-0.05, 0) is 30.4 Å². The molecule has 174 valence electrons. The van der Waals surface area contributed by atoms with E-state index in [0.29, 0.717) is 63.2 Å². The highest BCUT2D eigenvalue weighted by Gasteiger charge is 2.26. The van der Waals surface area contributed by atoms with Crippen LogP contribution in [0.5, 0.6) is 0 Å². The Kier molecular flexibility index (Phi) is 8.21. The molecule has 0 saturated carbocycles. The molecule has 2 amide bonds. The molecule has 1 aromatic heterocycles. The van der Waals surface area contributed by atoms with Crippen molar-refractivity contribution in [1.82, 2.24) is 15.2 Å². The van der Waals surface area contributed by atoms with Crippen molar-refractivity contribution in [2.75, 3.05) is 39.5 Å². The Labute approximate surface area is 187 Å². The molecule has 1 N–H and O–H groups in total. The molecular formula is C23H31N3O6. The topological polar surface area (TPSA) is 111 Å². The molecule has 3 rings (SSSR count). The Hall–Kier alpha value is -2.94. The normalized spacial score (nSPS) is 14.4. The van der Waals surface area contributed by atoms with Gasteiger partial charge in [-0.2, -0.15) is 0 Å². The minimum atomic E-state index is -0.533. The second kappa shape index (κ2) is 11.1. The number of hydrogen-bond donors (Lipinski definition) is 1. The van der Waals surface area contributed by atoms with Crippen LogP contribution in [0.4, 0.5) is 4.79 Å². The van der Waals surface area contributed by atoms with Crippen LogP contribution in [0.25, 0.3) is 11.1 Å². The smallest absolute Gasteiger partial charge is 0.407 e. The molecule has 0 unspecified atom stereocenters. The van der Waals surface area contributed by atoms with Crippen molar-refractivity contribution in [2.24, 2.45) is 5.41 Å². The Morgan fingerprint density at radius 2 is 1.94 bits per heavy atom. The number of amides is 2. The summed E-state index contributed by atoms with van der Waals surface area (Å²) in [4.78, 5) is 42.5. The van der Waals surface area contributed by atoms with E-state index in [1.807, 2.05) is 30.9 Å². The molecule has 2 heterocycles. The van der Waals surface area contributed by atoms with Crippen LogP contribution in [0.1, 0.15) is 50.2 Å². The van der Waals surface area contributed by atoms with Crippen LogP contribution >= 0.6 is 0 Å². The maximum atomic E-state index is 12.4. The van der Waals surface area contributed by atoms with Gasteiger partial charge in [0, 0.05) is 32.5 Å². The van der Waals surface area contributed by atoms with E-state index in [4.69, 9.17) is 13.9 Å². The molecule has 32 heavy (non-hydrogen) atoms. The molecule has 1 aromatic carbocycles. The second-order valence-corrected chi connectivity index (χ2v) is 8.66. The number of oxazole rings is 1. The van der Waals surface area contributed by atoms with Crippen LogP contribution in [0.15, 0.2) is 28.7 Å². The predicted molar refractivity (Wildman–Crippen MR) is 117 cm³/mol. The molecule has 9 nitrogen and oxygen atoms in total. The summed E-state index contributed by atoms with van der Waals surface area (Å²) in [6.45, 7) is 6.98. The monoisotopic (exact) mass is 445 g/mol. The number of rotatable bonds is 10. The zero-order chi connectivity index (χ0) is 23.0. The van der Waals surface area contributed by atoms with E-state index in [2.05, 4.69) is 10.3 Å².